The van der Waals surface area contributed by atoms with Crippen LogP contribution in [0.3, 0.4) is 0 Å². The van der Waals surface area contributed by atoms with Gasteiger partial charge in [0.2, 0.25) is 0 Å². The molecule has 0 saturated carbocycles. The molecule has 0 aliphatic rings. The first kappa shape index (κ1) is 14.1. The second-order valence-corrected chi connectivity index (χ2v) is 5.09. The number of hydrogen-bond acceptors (Lipinski definition) is 6. The maximum atomic E-state index is 11.6. The number of aryl methyl sites for hydroxylation is 2. The Morgan fingerprint density at radius 2 is 2.20 bits per heavy atom. The summed E-state index contributed by atoms with van der Waals surface area (Å²) in [6.07, 6.45) is 0. The minimum Gasteiger partial charge on any atom is -0.477 e. The number of thiophene rings is 1. The van der Waals surface area contributed by atoms with Crippen LogP contribution in [0.5, 0.6) is 5.88 Å². The van der Waals surface area contributed by atoms with Crippen LogP contribution in [-0.4, -0.2) is 28.7 Å². The summed E-state index contributed by atoms with van der Waals surface area (Å²) in [6.45, 7) is 3.15. The molecule has 0 aliphatic carbocycles. The van der Waals surface area contributed by atoms with Crippen molar-refractivity contribution < 1.29 is 24.0 Å². The zero-order valence-electron chi connectivity index (χ0n) is 10.8. The molecule has 2 aromatic rings. The van der Waals surface area contributed by atoms with E-state index in [1.54, 1.807) is 26.0 Å². The molecule has 0 radical (unpaired) electrons. The number of aromatic nitrogens is 1. The molecule has 2 heterocycles. The molecule has 2 rings (SSSR count). The smallest absolute Gasteiger partial charge is 0.346 e. The monoisotopic (exact) mass is 296 g/mol. The summed E-state index contributed by atoms with van der Waals surface area (Å²) in [6, 6.07) is 3.16. The molecule has 7 nitrogen and oxygen atoms in total. The van der Waals surface area contributed by atoms with E-state index < -0.39 is 11.9 Å². The maximum absolute atomic E-state index is 11.6. The van der Waals surface area contributed by atoms with E-state index in [9.17, 15) is 9.59 Å². The van der Waals surface area contributed by atoms with Gasteiger partial charge >= 0.3 is 5.97 Å². The van der Waals surface area contributed by atoms with Gasteiger partial charge in [-0.1, -0.05) is 0 Å². The fourth-order valence-electron chi connectivity index (χ4n) is 1.48. The summed E-state index contributed by atoms with van der Waals surface area (Å²) in [7, 11) is 0. The number of rotatable bonds is 5. The highest BCUT2D eigenvalue weighted by Gasteiger charge is 2.14. The number of anilines is 1. The Labute approximate surface area is 118 Å². The molecule has 0 aromatic carbocycles. The number of nitrogens with one attached hydrogen (secondary N) is 1. The zero-order chi connectivity index (χ0) is 14.7. The minimum atomic E-state index is -1.01. The largest absolute Gasteiger partial charge is 0.477 e. The van der Waals surface area contributed by atoms with Crippen molar-refractivity contribution in [1.29, 1.82) is 0 Å². The van der Waals surface area contributed by atoms with Crippen molar-refractivity contribution in [3.63, 3.8) is 0 Å². The summed E-state index contributed by atoms with van der Waals surface area (Å²) in [5.74, 6) is -0.599. The molecule has 0 fully saturated rings. The number of ether oxygens (including phenoxy) is 1. The van der Waals surface area contributed by atoms with Gasteiger partial charge in [-0.3, -0.25) is 4.79 Å². The lowest BCUT2D eigenvalue weighted by atomic mass is 10.3. The first-order valence-corrected chi connectivity index (χ1v) is 6.47. The molecule has 0 unspecified atom stereocenters. The van der Waals surface area contributed by atoms with Crippen molar-refractivity contribution in [2.24, 2.45) is 0 Å². The van der Waals surface area contributed by atoms with Crippen LogP contribution in [0.1, 0.15) is 21.0 Å². The first-order valence-electron chi connectivity index (χ1n) is 5.65. The summed E-state index contributed by atoms with van der Waals surface area (Å²) < 4.78 is 9.91. The molecule has 2 N–H and O–H groups in total. The van der Waals surface area contributed by atoms with E-state index in [0.717, 1.165) is 11.3 Å². The average molecular weight is 296 g/mol. The van der Waals surface area contributed by atoms with E-state index in [-0.39, 0.29) is 17.4 Å². The van der Waals surface area contributed by atoms with E-state index in [2.05, 4.69) is 10.5 Å². The predicted molar refractivity (Wildman–Crippen MR) is 71.4 cm³/mol. The molecular formula is C12H12N2O5S. The van der Waals surface area contributed by atoms with Crippen LogP contribution in [-0.2, 0) is 4.79 Å². The number of hydrogen-bond donors (Lipinski definition) is 2. The number of aromatic carboxylic acids is 1. The third-order valence-electron chi connectivity index (χ3n) is 2.33. The van der Waals surface area contributed by atoms with E-state index in [0.29, 0.717) is 16.3 Å². The highest BCUT2D eigenvalue weighted by atomic mass is 32.1. The van der Waals surface area contributed by atoms with Crippen LogP contribution in [0, 0.1) is 13.8 Å². The number of carboxylic acid groups (broad SMARTS) is 1. The van der Waals surface area contributed by atoms with E-state index in [1.165, 1.54) is 0 Å². The fourth-order valence-corrected chi connectivity index (χ4v) is 2.41. The molecular weight excluding hydrogens is 284 g/mol. The van der Waals surface area contributed by atoms with Crippen LogP contribution in [0.2, 0.25) is 0 Å². The van der Waals surface area contributed by atoms with Gasteiger partial charge in [-0.05, 0) is 30.6 Å². The highest BCUT2D eigenvalue weighted by molar-refractivity contribution is 7.18. The van der Waals surface area contributed by atoms with Gasteiger partial charge in [-0.25, -0.2) is 4.79 Å². The van der Waals surface area contributed by atoms with Gasteiger partial charge in [-0.15, -0.1) is 11.3 Å². The molecule has 0 bridgehead atoms. The van der Waals surface area contributed by atoms with Gasteiger partial charge in [-0.2, -0.15) is 0 Å². The number of carbonyl (C=O) groups excluding carboxylic acids is 1. The first-order chi connectivity index (χ1) is 9.45. The van der Waals surface area contributed by atoms with Crippen molar-refractivity contribution >= 4 is 28.2 Å². The lowest BCUT2D eigenvalue weighted by Gasteiger charge is -2.02. The fraction of sp³-hybridized carbons (Fsp3) is 0.250. The molecule has 0 aliphatic heterocycles. The standard InChI is InChI=1S/C12H12N2O5S/c1-6-3-10(20-11(6)12(16)17)13-8(15)5-18-9-4-7(2)19-14-9/h3-4H,5H2,1-2H3,(H,13,15)(H,16,17). The van der Waals surface area contributed by atoms with Crippen LogP contribution < -0.4 is 10.1 Å². The van der Waals surface area contributed by atoms with Crippen molar-refractivity contribution in [2.45, 2.75) is 13.8 Å². The van der Waals surface area contributed by atoms with Gasteiger partial charge in [0, 0.05) is 6.07 Å². The normalized spacial score (nSPS) is 10.3. The van der Waals surface area contributed by atoms with Crippen LogP contribution in [0.25, 0.3) is 0 Å². The maximum Gasteiger partial charge on any atom is 0.346 e. The van der Waals surface area contributed by atoms with Crippen molar-refractivity contribution in [3.8, 4) is 5.88 Å². The Morgan fingerprint density at radius 3 is 2.75 bits per heavy atom. The Morgan fingerprint density at radius 1 is 1.45 bits per heavy atom. The molecule has 0 spiro atoms. The molecule has 106 valence electrons. The third-order valence-corrected chi connectivity index (χ3v) is 3.47. The lowest BCUT2D eigenvalue weighted by Crippen LogP contribution is -2.19. The molecule has 0 saturated heterocycles. The van der Waals surface area contributed by atoms with Crippen molar-refractivity contribution in [3.05, 3.63) is 28.3 Å². The Bertz CT molecular complexity index is 646. The van der Waals surface area contributed by atoms with Crippen LogP contribution >= 0.6 is 11.3 Å². The SMILES string of the molecule is Cc1cc(OCC(=O)Nc2cc(C)c(C(=O)O)s2)no1. The highest BCUT2D eigenvalue weighted by Crippen LogP contribution is 2.26. The van der Waals surface area contributed by atoms with Crippen molar-refractivity contribution in [1.82, 2.24) is 5.16 Å². The Kier molecular flexibility index (Phi) is 4.04. The molecule has 2 aromatic heterocycles. The molecule has 8 heteroatoms. The quantitative estimate of drug-likeness (QED) is 0.875. The molecule has 0 atom stereocenters. The van der Waals surface area contributed by atoms with Gasteiger partial charge < -0.3 is 19.7 Å². The number of amides is 1. The third kappa shape index (κ3) is 3.35. The number of carboxylic acids is 1. The summed E-state index contributed by atoms with van der Waals surface area (Å²) in [4.78, 5) is 22.7. The van der Waals surface area contributed by atoms with Crippen molar-refractivity contribution in [2.75, 3.05) is 11.9 Å². The summed E-state index contributed by atoms with van der Waals surface area (Å²) in [5.41, 5.74) is 0.603. The minimum absolute atomic E-state index is 0.202. The Hall–Kier alpha value is -2.35. The van der Waals surface area contributed by atoms with Gasteiger partial charge in [0.25, 0.3) is 11.8 Å². The zero-order valence-corrected chi connectivity index (χ0v) is 11.6. The second-order valence-electron chi connectivity index (χ2n) is 4.04. The number of carbonyl (C=O) groups is 2. The van der Waals surface area contributed by atoms with E-state index in [4.69, 9.17) is 14.4 Å². The lowest BCUT2D eigenvalue weighted by molar-refractivity contribution is -0.118. The van der Waals surface area contributed by atoms with E-state index >= 15 is 0 Å². The Balaban J connectivity index is 1.91. The van der Waals surface area contributed by atoms with Gasteiger partial charge in [0.05, 0.1) is 5.00 Å². The van der Waals surface area contributed by atoms with Crippen LogP contribution in [0.15, 0.2) is 16.7 Å². The summed E-state index contributed by atoms with van der Waals surface area (Å²) in [5, 5.41) is 15.5. The summed E-state index contributed by atoms with van der Waals surface area (Å²) >= 11 is 1.00. The van der Waals surface area contributed by atoms with Gasteiger partial charge in [0.15, 0.2) is 6.61 Å². The molecule has 1 amide bonds. The van der Waals surface area contributed by atoms with E-state index in [1.807, 2.05) is 0 Å². The van der Waals surface area contributed by atoms with Gasteiger partial charge in [0.1, 0.15) is 10.6 Å². The second kappa shape index (κ2) is 5.74. The average Bonchev–Trinajstić information content (AvgIpc) is 2.93. The van der Waals surface area contributed by atoms with Crippen LogP contribution in [0.4, 0.5) is 5.00 Å². The number of nitrogens with zero attached hydrogens (tertiary/aromatic N) is 1. The molecule has 20 heavy (non-hydrogen) atoms. The predicted octanol–water partition coefficient (Wildman–Crippen LogP) is 2.07. The topological polar surface area (TPSA) is 102 Å².